The van der Waals surface area contributed by atoms with Crippen LogP contribution in [0.3, 0.4) is 0 Å². The van der Waals surface area contributed by atoms with Gasteiger partial charge in [-0.25, -0.2) is 0 Å². The lowest BCUT2D eigenvalue weighted by Crippen LogP contribution is -2.26. The lowest BCUT2D eigenvalue weighted by atomic mass is 9.94. The molecule has 0 aliphatic carbocycles. The quantitative estimate of drug-likeness (QED) is 0.768. The summed E-state index contributed by atoms with van der Waals surface area (Å²) in [5, 5.41) is 0. The van der Waals surface area contributed by atoms with Gasteiger partial charge in [0, 0.05) is 11.4 Å². The highest BCUT2D eigenvalue weighted by Crippen LogP contribution is 2.25. The number of aryl methyl sites for hydroxylation is 1. The third-order valence-electron chi connectivity index (χ3n) is 3.26. The van der Waals surface area contributed by atoms with Gasteiger partial charge in [0.1, 0.15) is 0 Å². The monoisotopic (exact) mass is 282 g/mol. The lowest BCUT2D eigenvalue weighted by molar-refractivity contribution is 0.0547. The molecular formula is C14H19BrO. The second-order valence-corrected chi connectivity index (χ2v) is 5.86. The van der Waals surface area contributed by atoms with Crippen LogP contribution in [0, 0.1) is 12.8 Å². The van der Waals surface area contributed by atoms with Crippen LogP contribution < -0.4 is 0 Å². The molecule has 1 fully saturated rings. The molecule has 2 heteroatoms. The Hall–Kier alpha value is -0.340. The first-order valence-corrected chi connectivity index (χ1v) is 6.94. The fourth-order valence-electron chi connectivity index (χ4n) is 2.17. The summed E-state index contributed by atoms with van der Waals surface area (Å²) < 4.78 is 5.53. The third-order valence-corrected chi connectivity index (χ3v) is 4.33. The number of hydrogen-bond acceptors (Lipinski definition) is 1. The second-order valence-electron chi connectivity index (χ2n) is 4.68. The standard InChI is InChI=1S/C14H19BrO/c1-11-4-6-12(7-5-11)9-14(15)13-3-2-8-16-10-13/h4-7,13-14H,2-3,8-10H2,1H3. The Bertz CT molecular complexity index is 314. The molecule has 0 saturated carbocycles. The van der Waals surface area contributed by atoms with Gasteiger partial charge in [-0.3, -0.25) is 0 Å². The molecule has 2 atom stereocenters. The Balaban J connectivity index is 1.90. The summed E-state index contributed by atoms with van der Waals surface area (Å²) in [6.07, 6.45) is 3.61. The highest BCUT2D eigenvalue weighted by molar-refractivity contribution is 9.09. The maximum absolute atomic E-state index is 5.53. The van der Waals surface area contributed by atoms with E-state index >= 15 is 0 Å². The molecule has 1 nitrogen and oxygen atoms in total. The van der Waals surface area contributed by atoms with Crippen molar-refractivity contribution in [3.63, 3.8) is 0 Å². The predicted molar refractivity (Wildman–Crippen MR) is 71.1 cm³/mol. The second kappa shape index (κ2) is 5.83. The van der Waals surface area contributed by atoms with E-state index in [2.05, 4.69) is 47.1 Å². The van der Waals surface area contributed by atoms with Crippen molar-refractivity contribution in [2.45, 2.75) is 31.0 Å². The van der Waals surface area contributed by atoms with Crippen molar-refractivity contribution in [3.05, 3.63) is 35.4 Å². The summed E-state index contributed by atoms with van der Waals surface area (Å²) in [5.74, 6) is 0.676. The van der Waals surface area contributed by atoms with Crippen LogP contribution in [0.15, 0.2) is 24.3 Å². The maximum Gasteiger partial charge on any atom is 0.0505 e. The van der Waals surface area contributed by atoms with Gasteiger partial charge in [0.15, 0.2) is 0 Å². The molecular weight excluding hydrogens is 264 g/mol. The molecule has 88 valence electrons. The fraction of sp³-hybridized carbons (Fsp3) is 0.571. The number of benzene rings is 1. The minimum atomic E-state index is 0.551. The first kappa shape index (κ1) is 12.1. The van der Waals surface area contributed by atoms with Crippen molar-refractivity contribution in [1.82, 2.24) is 0 Å². The number of ether oxygens (including phenoxy) is 1. The normalized spacial score (nSPS) is 23.0. The summed E-state index contributed by atoms with van der Waals surface area (Å²) in [5.41, 5.74) is 2.74. The summed E-state index contributed by atoms with van der Waals surface area (Å²) in [4.78, 5) is 0.551. The summed E-state index contributed by atoms with van der Waals surface area (Å²) >= 11 is 3.81. The smallest absolute Gasteiger partial charge is 0.0505 e. The van der Waals surface area contributed by atoms with Crippen molar-refractivity contribution in [1.29, 1.82) is 0 Å². The SMILES string of the molecule is Cc1ccc(CC(Br)C2CCCOC2)cc1. The molecule has 0 aromatic heterocycles. The Labute approximate surface area is 106 Å². The number of hydrogen-bond donors (Lipinski definition) is 0. The molecule has 16 heavy (non-hydrogen) atoms. The molecule has 1 aliphatic rings. The van der Waals surface area contributed by atoms with E-state index in [1.165, 1.54) is 24.0 Å². The van der Waals surface area contributed by atoms with E-state index in [4.69, 9.17) is 4.74 Å². The van der Waals surface area contributed by atoms with Crippen molar-refractivity contribution < 1.29 is 4.74 Å². The number of alkyl halides is 1. The van der Waals surface area contributed by atoms with E-state index in [0.717, 1.165) is 19.6 Å². The first-order chi connectivity index (χ1) is 7.75. The Morgan fingerprint density at radius 1 is 1.38 bits per heavy atom. The third kappa shape index (κ3) is 3.33. The largest absolute Gasteiger partial charge is 0.381 e. The van der Waals surface area contributed by atoms with Crippen molar-refractivity contribution in [2.75, 3.05) is 13.2 Å². The molecule has 0 spiro atoms. The highest BCUT2D eigenvalue weighted by Gasteiger charge is 2.21. The zero-order chi connectivity index (χ0) is 11.4. The van der Waals surface area contributed by atoms with Crippen LogP contribution in [0.1, 0.15) is 24.0 Å². The average Bonchev–Trinajstić information content (AvgIpc) is 2.33. The molecule has 0 bridgehead atoms. The fourth-order valence-corrected chi connectivity index (χ4v) is 2.96. The summed E-state index contributed by atoms with van der Waals surface area (Å²) in [7, 11) is 0. The van der Waals surface area contributed by atoms with E-state index in [9.17, 15) is 0 Å². The molecule has 0 N–H and O–H groups in total. The Morgan fingerprint density at radius 2 is 2.12 bits per heavy atom. The molecule has 1 heterocycles. The number of rotatable bonds is 3. The van der Waals surface area contributed by atoms with Gasteiger partial charge < -0.3 is 4.74 Å². The van der Waals surface area contributed by atoms with Crippen LogP contribution in [0.2, 0.25) is 0 Å². The van der Waals surface area contributed by atoms with Crippen LogP contribution in [-0.4, -0.2) is 18.0 Å². The average molecular weight is 283 g/mol. The minimum Gasteiger partial charge on any atom is -0.381 e. The first-order valence-electron chi connectivity index (χ1n) is 6.03. The lowest BCUT2D eigenvalue weighted by Gasteiger charge is -2.26. The summed E-state index contributed by atoms with van der Waals surface area (Å²) in [6.45, 7) is 3.99. The number of halogens is 1. The Morgan fingerprint density at radius 3 is 2.75 bits per heavy atom. The van der Waals surface area contributed by atoms with Gasteiger partial charge in [-0.05, 0) is 37.7 Å². The van der Waals surface area contributed by atoms with E-state index in [1.807, 2.05) is 0 Å². The van der Waals surface area contributed by atoms with Gasteiger partial charge in [-0.2, -0.15) is 0 Å². The van der Waals surface area contributed by atoms with E-state index in [-0.39, 0.29) is 0 Å². The van der Waals surface area contributed by atoms with E-state index in [0.29, 0.717) is 10.7 Å². The molecule has 0 amide bonds. The molecule has 2 rings (SSSR count). The van der Waals surface area contributed by atoms with E-state index in [1.54, 1.807) is 0 Å². The van der Waals surface area contributed by atoms with Crippen molar-refractivity contribution in [3.8, 4) is 0 Å². The predicted octanol–water partition coefficient (Wildman–Crippen LogP) is 3.73. The molecule has 1 aromatic rings. The van der Waals surface area contributed by atoms with Crippen LogP contribution in [-0.2, 0) is 11.2 Å². The maximum atomic E-state index is 5.53. The van der Waals surface area contributed by atoms with Gasteiger partial charge in [0.25, 0.3) is 0 Å². The zero-order valence-corrected chi connectivity index (χ0v) is 11.4. The van der Waals surface area contributed by atoms with Crippen LogP contribution in [0.4, 0.5) is 0 Å². The van der Waals surface area contributed by atoms with Crippen molar-refractivity contribution in [2.24, 2.45) is 5.92 Å². The molecule has 1 aromatic carbocycles. The zero-order valence-electron chi connectivity index (χ0n) is 9.79. The van der Waals surface area contributed by atoms with Gasteiger partial charge in [0.2, 0.25) is 0 Å². The van der Waals surface area contributed by atoms with Gasteiger partial charge in [0.05, 0.1) is 6.61 Å². The summed E-state index contributed by atoms with van der Waals surface area (Å²) in [6, 6.07) is 8.83. The van der Waals surface area contributed by atoms with Crippen LogP contribution >= 0.6 is 15.9 Å². The minimum absolute atomic E-state index is 0.551. The molecule has 0 radical (unpaired) electrons. The van der Waals surface area contributed by atoms with Gasteiger partial charge in [-0.15, -0.1) is 0 Å². The van der Waals surface area contributed by atoms with E-state index < -0.39 is 0 Å². The Kier molecular flexibility index (Phi) is 4.42. The molecule has 1 aliphatic heterocycles. The highest BCUT2D eigenvalue weighted by atomic mass is 79.9. The van der Waals surface area contributed by atoms with Crippen LogP contribution in [0.25, 0.3) is 0 Å². The topological polar surface area (TPSA) is 9.23 Å². The van der Waals surface area contributed by atoms with Crippen molar-refractivity contribution >= 4 is 15.9 Å². The van der Waals surface area contributed by atoms with Gasteiger partial charge in [-0.1, -0.05) is 45.8 Å². The van der Waals surface area contributed by atoms with Gasteiger partial charge >= 0.3 is 0 Å². The molecule has 1 saturated heterocycles. The van der Waals surface area contributed by atoms with Crippen LogP contribution in [0.5, 0.6) is 0 Å². The molecule has 2 unspecified atom stereocenters.